The molecule has 0 bridgehead atoms. The van der Waals surface area contributed by atoms with Crippen LogP contribution in [0.1, 0.15) is 29.1 Å². The molecule has 1 aromatic heterocycles. The number of rotatable bonds is 4. The molecule has 0 atom stereocenters. The summed E-state index contributed by atoms with van der Waals surface area (Å²) in [7, 11) is 0. The first-order valence-corrected chi connectivity index (χ1v) is 8.46. The zero-order valence-electron chi connectivity index (χ0n) is 13.5. The molecule has 2 heterocycles. The number of nitrogen functional groups attached to an aromatic ring is 1. The lowest BCUT2D eigenvalue weighted by Gasteiger charge is -2.19. The smallest absolute Gasteiger partial charge is 0.257 e. The number of ether oxygens (including phenoxy) is 2. The maximum absolute atomic E-state index is 12.9. The maximum atomic E-state index is 12.9. The molecular weight excluding hydrogens is 312 g/mol. The van der Waals surface area contributed by atoms with Crippen LogP contribution in [0.4, 0.5) is 5.00 Å². The zero-order valence-corrected chi connectivity index (χ0v) is 14.3. The summed E-state index contributed by atoms with van der Waals surface area (Å²) in [6.45, 7) is 7.47. The van der Waals surface area contributed by atoms with Crippen molar-refractivity contribution < 1.29 is 14.3 Å². The average Bonchev–Trinajstić information content (AvgIpc) is 3.11. The lowest BCUT2D eigenvalue weighted by atomic mass is 10.00. The Kier molecular flexibility index (Phi) is 4.17. The molecule has 0 unspecified atom stereocenters. The van der Waals surface area contributed by atoms with Crippen LogP contribution < -0.4 is 15.2 Å². The van der Waals surface area contributed by atoms with Crippen LogP contribution in [-0.4, -0.2) is 30.7 Å². The molecule has 0 fully saturated rings. The lowest BCUT2D eigenvalue weighted by molar-refractivity contribution is 0.0775. The fraction of sp³-hybridized carbons (Fsp3) is 0.353. The van der Waals surface area contributed by atoms with Crippen molar-refractivity contribution in [3.63, 3.8) is 0 Å². The van der Waals surface area contributed by atoms with Crippen molar-refractivity contribution in [1.29, 1.82) is 0 Å². The normalized spacial score (nSPS) is 12.5. The minimum atomic E-state index is -0.0236. The van der Waals surface area contributed by atoms with Crippen molar-refractivity contribution >= 4 is 22.2 Å². The number of carbonyl (C=O) groups excluding carboxylic acids is 1. The molecule has 0 spiro atoms. The van der Waals surface area contributed by atoms with E-state index in [1.165, 1.54) is 11.3 Å². The van der Waals surface area contributed by atoms with Gasteiger partial charge in [0.05, 0.1) is 10.6 Å². The fourth-order valence-corrected chi connectivity index (χ4v) is 3.79. The van der Waals surface area contributed by atoms with Crippen molar-refractivity contribution in [2.24, 2.45) is 0 Å². The minimum absolute atomic E-state index is 0.0236. The minimum Gasteiger partial charge on any atom is -0.454 e. The zero-order chi connectivity index (χ0) is 16.6. The highest BCUT2D eigenvalue weighted by molar-refractivity contribution is 7.16. The number of benzene rings is 1. The number of aryl methyl sites for hydroxylation is 1. The highest BCUT2D eigenvalue weighted by Crippen LogP contribution is 2.42. The molecule has 3 rings (SSSR count). The van der Waals surface area contributed by atoms with Gasteiger partial charge in [-0.3, -0.25) is 4.79 Å². The summed E-state index contributed by atoms with van der Waals surface area (Å²) < 4.78 is 10.8. The second-order valence-electron chi connectivity index (χ2n) is 5.32. The van der Waals surface area contributed by atoms with Crippen LogP contribution in [0.5, 0.6) is 11.5 Å². The first-order chi connectivity index (χ1) is 11.1. The van der Waals surface area contributed by atoms with Gasteiger partial charge in [-0.2, -0.15) is 0 Å². The number of anilines is 1. The Bertz CT molecular complexity index is 751. The van der Waals surface area contributed by atoms with E-state index in [-0.39, 0.29) is 12.7 Å². The van der Waals surface area contributed by atoms with Gasteiger partial charge in [0.25, 0.3) is 5.91 Å². The van der Waals surface area contributed by atoms with Crippen LogP contribution in [0, 0.1) is 6.92 Å². The molecule has 0 saturated carbocycles. The molecular formula is C17H20N2O3S. The number of nitrogens with two attached hydrogens (primary N) is 1. The molecule has 23 heavy (non-hydrogen) atoms. The Morgan fingerprint density at radius 3 is 2.65 bits per heavy atom. The van der Waals surface area contributed by atoms with Crippen LogP contribution in [0.25, 0.3) is 11.1 Å². The summed E-state index contributed by atoms with van der Waals surface area (Å²) in [5.41, 5.74) is 8.57. The van der Waals surface area contributed by atoms with E-state index in [1.54, 1.807) is 4.90 Å². The van der Waals surface area contributed by atoms with Crippen LogP contribution in [0.3, 0.4) is 0 Å². The van der Waals surface area contributed by atoms with Gasteiger partial charge in [0.15, 0.2) is 11.5 Å². The number of thiophene rings is 1. The molecule has 1 aliphatic rings. The van der Waals surface area contributed by atoms with Gasteiger partial charge in [0, 0.05) is 23.5 Å². The third kappa shape index (κ3) is 2.63. The van der Waals surface area contributed by atoms with Crippen molar-refractivity contribution in [3.8, 4) is 22.6 Å². The van der Waals surface area contributed by atoms with E-state index in [0.717, 1.165) is 21.8 Å². The van der Waals surface area contributed by atoms with Gasteiger partial charge in [0.1, 0.15) is 0 Å². The monoisotopic (exact) mass is 332 g/mol. The fourth-order valence-electron chi connectivity index (χ4n) is 2.85. The summed E-state index contributed by atoms with van der Waals surface area (Å²) in [5, 5.41) is 0.562. The number of fused-ring (bicyclic) bond motifs is 1. The third-order valence-electron chi connectivity index (χ3n) is 4.04. The Morgan fingerprint density at radius 2 is 1.96 bits per heavy atom. The molecule has 0 aliphatic carbocycles. The second-order valence-corrected chi connectivity index (χ2v) is 6.57. The summed E-state index contributed by atoms with van der Waals surface area (Å²) in [6, 6.07) is 5.73. The standard InChI is InChI=1S/C17H20N2O3S/c1-4-19(5-2)17(20)15-14(10(3)23-16(15)18)11-6-7-12-13(8-11)22-9-21-12/h6-8H,4-5,9,18H2,1-3H3. The van der Waals surface area contributed by atoms with E-state index in [2.05, 4.69) is 0 Å². The topological polar surface area (TPSA) is 64.8 Å². The summed E-state index contributed by atoms with van der Waals surface area (Å²) in [5.74, 6) is 1.41. The van der Waals surface area contributed by atoms with Crippen molar-refractivity contribution in [2.45, 2.75) is 20.8 Å². The first-order valence-electron chi connectivity index (χ1n) is 7.64. The summed E-state index contributed by atoms with van der Waals surface area (Å²) in [6.07, 6.45) is 0. The Morgan fingerprint density at radius 1 is 1.26 bits per heavy atom. The van der Waals surface area contributed by atoms with Crippen LogP contribution in [0.15, 0.2) is 18.2 Å². The summed E-state index contributed by atoms with van der Waals surface area (Å²) >= 11 is 1.45. The molecule has 1 aromatic carbocycles. The van der Waals surface area contributed by atoms with Gasteiger partial charge in [-0.25, -0.2) is 0 Å². The lowest BCUT2D eigenvalue weighted by Crippen LogP contribution is -2.31. The van der Waals surface area contributed by atoms with E-state index in [4.69, 9.17) is 15.2 Å². The van der Waals surface area contributed by atoms with Gasteiger partial charge in [-0.05, 0) is 38.5 Å². The number of carbonyl (C=O) groups is 1. The van der Waals surface area contributed by atoms with Gasteiger partial charge in [-0.15, -0.1) is 11.3 Å². The number of hydrogen-bond acceptors (Lipinski definition) is 5. The average molecular weight is 332 g/mol. The van der Waals surface area contributed by atoms with E-state index >= 15 is 0 Å². The molecule has 5 nitrogen and oxygen atoms in total. The van der Waals surface area contributed by atoms with Gasteiger partial charge in [0.2, 0.25) is 6.79 Å². The van der Waals surface area contributed by atoms with Gasteiger partial charge < -0.3 is 20.1 Å². The highest BCUT2D eigenvalue weighted by atomic mass is 32.1. The number of nitrogens with zero attached hydrogens (tertiary/aromatic N) is 1. The SMILES string of the molecule is CCN(CC)C(=O)c1c(N)sc(C)c1-c1ccc2c(c1)OCO2. The predicted octanol–water partition coefficient (Wildman–Crippen LogP) is 3.52. The van der Waals surface area contributed by atoms with Crippen molar-refractivity contribution in [3.05, 3.63) is 28.6 Å². The first kappa shape index (κ1) is 15.7. The molecule has 6 heteroatoms. The molecule has 1 aliphatic heterocycles. The van der Waals surface area contributed by atoms with E-state index < -0.39 is 0 Å². The quantitative estimate of drug-likeness (QED) is 0.930. The largest absolute Gasteiger partial charge is 0.454 e. The second kappa shape index (κ2) is 6.12. The molecule has 1 amide bonds. The van der Waals surface area contributed by atoms with E-state index in [9.17, 15) is 4.79 Å². The number of hydrogen-bond donors (Lipinski definition) is 1. The molecule has 2 N–H and O–H groups in total. The van der Waals surface area contributed by atoms with Crippen LogP contribution in [0.2, 0.25) is 0 Å². The summed E-state index contributed by atoms with van der Waals surface area (Å²) in [4.78, 5) is 15.7. The van der Waals surface area contributed by atoms with E-state index in [1.807, 2.05) is 39.0 Å². The van der Waals surface area contributed by atoms with E-state index in [0.29, 0.717) is 29.4 Å². The Balaban J connectivity index is 2.11. The van der Waals surface area contributed by atoms with Crippen LogP contribution >= 0.6 is 11.3 Å². The van der Waals surface area contributed by atoms with Gasteiger partial charge in [-0.1, -0.05) is 6.07 Å². The Labute approximate surface area is 139 Å². The molecule has 2 aromatic rings. The highest BCUT2D eigenvalue weighted by Gasteiger charge is 2.26. The van der Waals surface area contributed by atoms with Crippen LogP contribution in [-0.2, 0) is 0 Å². The maximum Gasteiger partial charge on any atom is 0.257 e. The van der Waals surface area contributed by atoms with Crippen molar-refractivity contribution in [1.82, 2.24) is 4.90 Å². The molecule has 0 radical (unpaired) electrons. The molecule has 122 valence electrons. The number of amides is 1. The van der Waals surface area contributed by atoms with Gasteiger partial charge >= 0.3 is 0 Å². The Hall–Kier alpha value is -2.21. The molecule has 0 saturated heterocycles. The van der Waals surface area contributed by atoms with Crippen molar-refractivity contribution in [2.75, 3.05) is 25.6 Å². The third-order valence-corrected chi connectivity index (χ3v) is 4.97. The predicted molar refractivity (Wildman–Crippen MR) is 92.3 cm³/mol.